The van der Waals surface area contributed by atoms with E-state index in [1.54, 1.807) is 16.8 Å². The average molecular weight is 192 g/mol. The van der Waals surface area contributed by atoms with Gasteiger partial charge in [-0.2, -0.15) is 0 Å². The summed E-state index contributed by atoms with van der Waals surface area (Å²) in [4.78, 5) is 14.7. The topological polar surface area (TPSA) is 63.8 Å². The van der Waals surface area contributed by atoms with Crippen LogP contribution in [0.25, 0.3) is 5.65 Å². The molecule has 0 bridgehead atoms. The Labute approximate surface area is 79.6 Å². The van der Waals surface area contributed by atoms with Crippen molar-refractivity contribution in [2.45, 2.75) is 0 Å². The summed E-state index contributed by atoms with van der Waals surface area (Å²) in [5.74, 6) is -0.536. The molecule has 0 aliphatic rings. The molecule has 0 spiro atoms. The maximum Gasteiger partial charge on any atom is 0.336 e. The van der Waals surface area contributed by atoms with Crippen LogP contribution in [0, 0.1) is 0 Å². The van der Waals surface area contributed by atoms with E-state index in [9.17, 15) is 4.79 Å². The predicted octanol–water partition coefficient (Wildman–Crippen LogP) is 1.04. The molecule has 0 unspecified atom stereocenters. The van der Waals surface area contributed by atoms with Gasteiger partial charge in [0.05, 0.1) is 12.7 Å². The molecule has 1 N–H and O–H groups in total. The second-order valence-corrected chi connectivity index (χ2v) is 2.75. The van der Waals surface area contributed by atoms with Crippen molar-refractivity contribution >= 4 is 11.6 Å². The Morgan fingerprint density at radius 1 is 1.57 bits per heavy atom. The number of imidazole rings is 1. The van der Waals surface area contributed by atoms with Crippen LogP contribution in [0.15, 0.2) is 24.5 Å². The molecule has 5 heteroatoms. The highest BCUT2D eigenvalue weighted by Crippen LogP contribution is 2.16. The van der Waals surface area contributed by atoms with Gasteiger partial charge in [-0.3, -0.25) is 4.40 Å². The standard InChI is InChI=1S/C9H8N2O3/c1-14-8-5-6(9(12)13)4-7-10-2-3-11(7)8/h2-5H,1H3,(H,12,13). The lowest BCUT2D eigenvalue weighted by molar-refractivity contribution is 0.0696. The number of carboxylic acid groups (broad SMARTS) is 1. The number of hydrogen-bond donors (Lipinski definition) is 1. The molecule has 0 fully saturated rings. The number of ether oxygens (including phenoxy) is 1. The number of pyridine rings is 1. The van der Waals surface area contributed by atoms with Gasteiger partial charge in [-0.05, 0) is 6.07 Å². The first-order valence-corrected chi connectivity index (χ1v) is 3.97. The molecule has 72 valence electrons. The Morgan fingerprint density at radius 3 is 3.00 bits per heavy atom. The summed E-state index contributed by atoms with van der Waals surface area (Å²) in [5, 5.41) is 8.81. The zero-order valence-electron chi connectivity index (χ0n) is 7.47. The SMILES string of the molecule is COc1cc(C(=O)O)cc2nccn12. The normalized spacial score (nSPS) is 10.4. The maximum absolute atomic E-state index is 10.7. The zero-order valence-corrected chi connectivity index (χ0v) is 7.47. The Bertz CT molecular complexity index is 490. The van der Waals surface area contributed by atoms with Gasteiger partial charge < -0.3 is 9.84 Å². The molecular weight excluding hydrogens is 184 g/mol. The summed E-state index contributed by atoms with van der Waals surface area (Å²) in [6.45, 7) is 0. The van der Waals surface area contributed by atoms with Gasteiger partial charge in [0.25, 0.3) is 0 Å². The summed E-state index contributed by atoms with van der Waals surface area (Å²) < 4.78 is 6.71. The molecule has 0 atom stereocenters. The lowest BCUT2D eigenvalue weighted by atomic mass is 10.2. The van der Waals surface area contributed by atoms with Crippen LogP contribution in [0.1, 0.15) is 10.4 Å². The number of nitrogens with zero attached hydrogens (tertiary/aromatic N) is 2. The van der Waals surface area contributed by atoms with Crippen molar-refractivity contribution in [2.24, 2.45) is 0 Å². The molecule has 0 amide bonds. The van der Waals surface area contributed by atoms with Crippen molar-refractivity contribution in [3.63, 3.8) is 0 Å². The fourth-order valence-corrected chi connectivity index (χ4v) is 1.27. The van der Waals surface area contributed by atoms with Crippen LogP contribution in [-0.2, 0) is 0 Å². The lowest BCUT2D eigenvalue weighted by Gasteiger charge is -2.04. The van der Waals surface area contributed by atoms with Crippen molar-refractivity contribution in [2.75, 3.05) is 7.11 Å². The number of aromatic nitrogens is 2. The van der Waals surface area contributed by atoms with E-state index in [4.69, 9.17) is 9.84 Å². The van der Waals surface area contributed by atoms with Gasteiger partial charge in [0.15, 0.2) is 5.88 Å². The van der Waals surface area contributed by atoms with Crippen LogP contribution in [0.2, 0.25) is 0 Å². The minimum absolute atomic E-state index is 0.167. The highest BCUT2D eigenvalue weighted by molar-refractivity contribution is 5.89. The van der Waals surface area contributed by atoms with Gasteiger partial charge in [-0.15, -0.1) is 0 Å². The Kier molecular flexibility index (Phi) is 1.85. The van der Waals surface area contributed by atoms with E-state index < -0.39 is 5.97 Å². The predicted molar refractivity (Wildman–Crippen MR) is 48.7 cm³/mol. The molecule has 0 saturated heterocycles. The average Bonchev–Trinajstić information content (AvgIpc) is 2.63. The van der Waals surface area contributed by atoms with E-state index in [2.05, 4.69) is 4.98 Å². The summed E-state index contributed by atoms with van der Waals surface area (Å²) in [7, 11) is 1.49. The van der Waals surface area contributed by atoms with Crippen LogP contribution < -0.4 is 4.74 Å². The summed E-state index contributed by atoms with van der Waals surface area (Å²) in [5.41, 5.74) is 0.724. The molecule has 0 saturated carbocycles. The van der Waals surface area contributed by atoms with Crippen LogP contribution in [0.3, 0.4) is 0 Å². The van der Waals surface area contributed by atoms with E-state index in [0.29, 0.717) is 11.5 Å². The Morgan fingerprint density at radius 2 is 2.36 bits per heavy atom. The number of carboxylic acids is 1. The number of carbonyl (C=O) groups is 1. The van der Waals surface area contributed by atoms with E-state index in [1.165, 1.54) is 19.2 Å². The lowest BCUT2D eigenvalue weighted by Crippen LogP contribution is -2.00. The molecule has 0 aliphatic carbocycles. The first-order valence-electron chi connectivity index (χ1n) is 3.97. The van der Waals surface area contributed by atoms with Crippen molar-refractivity contribution < 1.29 is 14.6 Å². The van der Waals surface area contributed by atoms with Crippen molar-refractivity contribution in [3.8, 4) is 5.88 Å². The van der Waals surface area contributed by atoms with Gasteiger partial charge >= 0.3 is 5.97 Å². The highest BCUT2D eigenvalue weighted by atomic mass is 16.5. The van der Waals surface area contributed by atoms with Gasteiger partial charge in [0.1, 0.15) is 5.65 Å². The third-order valence-corrected chi connectivity index (χ3v) is 1.93. The Hall–Kier alpha value is -2.04. The quantitative estimate of drug-likeness (QED) is 0.772. The first kappa shape index (κ1) is 8.55. The molecule has 0 aromatic carbocycles. The van der Waals surface area contributed by atoms with Crippen LogP contribution in [-0.4, -0.2) is 27.6 Å². The van der Waals surface area contributed by atoms with E-state index in [0.717, 1.165) is 0 Å². The van der Waals surface area contributed by atoms with Gasteiger partial charge in [0, 0.05) is 18.5 Å². The smallest absolute Gasteiger partial charge is 0.336 e. The highest BCUT2D eigenvalue weighted by Gasteiger charge is 2.09. The number of aromatic carboxylic acids is 1. The fourth-order valence-electron chi connectivity index (χ4n) is 1.27. The second kappa shape index (κ2) is 3.02. The van der Waals surface area contributed by atoms with Crippen LogP contribution >= 0.6 is 0 Å². The van der Waals surface area contributed by atoms with Gasteiger partial charge in [-0.25, -0.2) is 9.78 Å². The number of hydrogen-bond acceptors (Lipinski definition) is 3. The largest absolute Gasteiger partial charge is 0.482 e. The monoisotopic (exact) mass is 192 g/mol. The molecule has 5 nitrogen and oxygen atoms in total. The molecule has 0 radical (unpaired) electrons. The molecular formula is C9H8N2O3. The number of rotatable bonds is 2. The molecule has 2 rings (SSSR count). The van der Waals surface area contributed by atoms with Crippen molar-refractivity contribution in [3.05, 3.63) is 30.1 Å². The van der Waals surface area contributed by atoms with Crippen LogP contribution in [0.5, 0.6) is 5.88 Å². The Balaban J connectivity index is 2.73. The fraction of sp³-hybridized carbons (Fsp3) is 0.111. The van der Waals surface area contributed by atoms with Gasteiger partial charge in [-0.1, -0.05) is 0 Å². The zero-order chi connectivity index (χ0) is 10.1. The van der Waals surface area contributed by atoms with Crippen LogP contribution in [0.4, 0.5) is 0 Å². The number of fused-ring (bicyclic) bond motifs is 1. The summed E-state index contributed by atoms with van der Waals surface area (Å²) >= 11 is 0. The number of methoxy groups -OCH3 is 1. The minimum atomic E-state index is -0.992. The van der Waals surface area contributed by atoms with E-state index in [-0.39, 0.29) is 5.56 Å². The minimum Gasteiger partial charge on any atom is -0.482 e. The molecule has 14 heavy (non-hydrogen) atoms. The third kappa shape index (κ3) is 1.19. The summed E-state index contributed by atoms with van der Waals surface area (Å²) in [6.07, 6.45) is 3.29. The van der Waals surface area contributed by atoms with Gasteiger partial charge in [0.2, 0.25) is 0 Å². The molecule has 2 aromatic rings. The molecule has 0 aliphatic heterocycles. The molecule has 2 heterocycles. The van der Waals surface area contributed by atoms with Crippen molar-refractivity contribution in [1.82, 2.24) is 9.38 Å². The first-order chi connectivity index (χ1) is 6.72. The van der Waals surface area contributed by atoms with Crippen molar-refractivity contribution in [1.29, 1.82) is 0 Å². The summed E-state index contributed by atoms with van der Waals surface area (Å²) in [6, 6.07) is 2.95. The maximum atomic E-state index is 10.7. The van der Waals surface area contributed by atoms with E-state index in [1.807, 2.05) is 0 Å². The second-order valence-electron chi connectivity index (χ2n) is 2.75. The third-order valence-electron chi connectivity index (χ3n) is 1.93. The molecule has 2 aromatic heterocycles. The van der Waals surface area contributed by atoms with E-state index >= 15 is 0 Å².